The zero-order valence-corrected chi connectivity index (χ0v) is 12.6. The van der Waals surface area contributed by atoms with Crippen LogP contribution >= 0.6 is 0 Å². The van der Waals surface area contributed by atoms with Gasteiger partial charge in [0.15, 0.2) is 0 Å². The molecule has 1 atom stereocenters. The summed E-state index contributed by atoms with van der Waals surface area (Å²) in [6.45, 7) is 9.74. The van der Waals surface area contributed by atoms with Crippen molar-refractivity contribution in [3.63, 3.8) is 0 Å². The number of hydrogen-bond donors (Lipinski definition) is 1. The van der Waals surface area contributed by atoms with E-state index >= 15 is 0 Å². The summed E-state index contributed by atoms with van der Waals surface area (Å²) >= 11 is 0. The van der Waals surface area contributed by atoms with Gasteiger partial charge in [-0.15, -0.1) is 0 Å². The summed E-state index contributed by atoms with van der Waals surface area (Å²) in [5.41, 5.74) is 0.0302. The second-order valence-electron chi connectivity index (χ2n) is 7.10. The molecule has 4 nitrogen and oxygen atoms in total. The monoisotopic (exact) mass is 268 g/mol. The van der Waals surface area contributed by atoms with E-state index in [1.54, 1.807) is 0 Å². The van der Waals surface area contributed by atoms with Gasteiger partial charge in [0, 0.05) is 19.6 Å². The van der Waals surface area contributed by atoms with Crippen molar-refractivity contribution in [1.29, 1.82) is 0 Å². The fraction of sp³-hybridized carbons (Fsp3) is 0.933. The van der Waals surface area contributed by atoms with Gasteiger partial charge < -0.3 is 15.0 Å². The van der Waals surface area contributed by atoms with E-state index in [0.29, 0.717) is 5.41 Å². The smallest absolute Gasteiger partial charge is 0.410 e. The molecule has 1 amide bonds. The third-order valence-corrected chi connectivity index (χ3v) is 4.26. The van der Waals surface area contributed by atoms with Crippen LogP contribution in [0, 0.1) is 5.41 Å². The molecule has 2 rings (SSSR count). The third-order valence-electron chi connectivity index (χ3n) is 4.26. The number of carbonyl (C=O) groups excluding carboxylic acids is 1. The molecular weight excluding hydrogens is 240 g/mol. The molecule has 0 aliphatic carbocycles. The Labute approximate surface area is 116 Å². The van der Waals surface area contributed by atoms with Crippen LogP contribution in [0.1, 0.15) is 52.9 Å². The topological polar surface area (TPSA) is 41.6 Å². The highest BCUT2D eigenvalue weighted by Gasteiger charge is 2.35. The third kappa shape index (κ3) is 4.10. The summed E-state index contributed by atoms with van der Waals surface area (Å²) < 4.78 is 5.48. The highest BCUT2D eigenvalue weighted by molar-refractivity contribution is 5.68. The Hall–Kier alpha value is -0.770. The molecule has 4 heteroatoms. The Balaban J connectivity index is 1.91. The zero-order chi connectivity index (χ0) is 13.9. The predicted octanol–water partition coefficient (Wildman–Crippen LogP) is 2.78. The number of piperidine rings is 1. The fourth-order valence-electron chi connectivity index (χ4n) is 3.22. The van der Waals surface area contributed by atoms with Crippen molar-refractivity contribution in [2.24, 2.45) is 5.41 Å². The molecule has 2 fully saturated rings. The molecule has 110 valence electrons. The number of likely N-dealkylation sites (tertiary alicyclic amines) is 1. The first-order valence-corrected chi connectivity index (χ1v) is 7.59. The van der Waals surface area contributed by atoms with Crippen LogP contribution in [0.25, 0.3) is 0 Å². The largest absolute Gasteiger partial charge is 0.444 e. The van der Waals surface area contributed by atoms with E-state index in [-0.39, 0.29) is 6.09 Å². The Morgan fingerprint density at radius 1 is 1.16 bits per heavy atom. The molecule has 0 aromatic heterocycles. The van der Waals surface area contributed by atoms with Gasteiger partial charge >= 0.3 is 6.09 Å². The van der Waals surface area contributed by atoms with Crippen molar-refractivity contribution in [3.8, 4) is 0 Å². The van der Waals surface area contributed by atoms with Crippen LogP contribution < -0.4 is 5.32 Å². The number of amides is 1. The van der Waals surface area contributed by atoms with Gasteiger partial charge in [-0.3, -0.25) is 0 Å². The summed E-state index contributed by atoms with van der Waals surface area (Å²) in [5.74, 6) is 0. The molecule has 19 heavy (non-hydrogen) atoms. The van der Waals surface area contributed by atoms with Gasteiger partial charge in [-0.25, -0.2) is 4.79 Å². The molecular formula is C15H28N2O2. The summed E-state index contributed by atoms with van der Waals surface area (Å²) in [6, 6.07) is 0. The highest BCUT2D eigenvalue weighted by Crippen LogP contribution is 2.37. The fourth-order valence-corrected chi connectivity index (χ4v) is 3.22. The number of carbonyl (C=O) groups is 1. The lowest BCUT2D eigenvalue weighted by Gasteiger charge is -2.37. The van der Waals surface area contributed by atoms with Crippen LogP contribution in [-0.4, -0.2) is 42.8 Å². The van der Waals surface area contributed by atoms with E-state index in [4.69, 9.17) is 4.74 Å². The molecule has 2 saturated heterocycles. The maximum absolute atomic E-state index is 12.1. The number of hydrogen-bond acceptors (Lipinski definition) is 3. The Morgan fingerprint density at radius 3 is 2.53 bits per heavy atom. The highest BCUT2D eigenvalue weighted by atomic mass is 16.6. The van der Waals surface area contributed by atoms with Gasteiger partial charge in [-0.2, -0.15) is 0 Å². The first-order valence-electron chi connectivity index (χ1n) is 7.59. The van der Waals surface area contributed by atoms with Gasteiger partial charge in [0.25, 0.3) is 0 Å². The molecule has 0 radical (unpaired) electrons. The second-order valence-corrected chi connectivity index (χ2v) is 7.10. The maximum Gasteiger partial charge on any atom is 0.410 e. The molecule has 2 heterocycles. The average molecular weight is 268 g/mol. The van der Waals surface area contributed by atoms with Crippen LogP contribution in [0.15, 0.2) is 0 Å². The van der Waals surface area contributed by atoms with Gasteiger partial charge in [0.05, 0.1) is 0 Å². The lowest BCUT2D eigenvalue weighted by molar-refractivity contribution is 0.0248. The van der Waals surface area contributed by atoms with Crippen LogP contribution in [0.4, 0.5) is 4.79 Å². The van der Waals surface area contributed by atoms with Gasteiger partial charge in [-0.05, 0) is 64.8 Å². The van der Waals surface area contributed by atoms with Gasteiger partial charge in [0.2, 0.25) is 0 Å². The quantitative estimate of drug-likeness (QED) is 0.734. The van der Waals surface area contributed by atoms with Crippen molar-refractivity contribution in [2.45, 2.75) is 58.5 Å². The number of ether oxygens (including phenoxy) is 1. The maximum atomic E-state index is 12.1. The van der Waals surface area contributed by atoms with E-state index in [2.05, 4.69) is 5.32 Å². The van der Waals surface area contributed by atoms with Gasteiger partial charge in [0.1, 0.15) is 5.60 Å². The minimum absolute atomic E-state index is 0.145. The minimum atomic E-state index is -0.395. The van der Waals surface area contributed by atoms with Gasteiger partial charge in [-0.1, -0.05) is 0 Å². The van der Waals surface area contributed by atoms with Crippen LogP contribution in [0.3, 0.4) is 0 Å². The molecule has 0 saturated carbocycles. The first kappa shape index (κ1) is 14.6. The van der Waals surface area contributed by atoms with Crippen molar-refractivity contribution in [3.05, 3.63) is 0 Å². The van der Waals surface area contributed by atoms with Crippen LogP contribution in [0.5, 0.6) is 0 Å². The van der Waals surface area contributed by atoms with E-state index in [0.717, 1.165) is 39.0 Å². The first-order chi connectivity index (χ1) is 8.90. The summed E-state index contributed by atoms with van der Waals surface area (Å²) in [7, 11) is 0. The Morgan fingerprint density at radius 2 is 1.89 bits per heavy atom. The molecule has 1 spiro atoms. The average Bonchev–Trinajstić information content (AvgIpc) is 2.51. The zero-order valence-electron chi connectivity index (χ0n) is 12.6. The molecule has 0 aromatic rings. The van der Waals surface area contributed by atoms with E-state index < -0.39 is 5.60 Å². The lowest BCUT2D eigenvalue weighted by Crippen LogP contribution is -2.41. The molecule has 2 aliphatic rings. The van der Waals surface area contributed by atoms with Crippen molar-refractivity contribution in [1.82, 2.24) is 10.2 Å². The number of nitrogens with one attached hydrogen (secondary N) is 1. The summed E-state index contributed by atoms with van der Waals surface area (Å²) in [5, 5.41) is 3.52. The standard InChI is InChI=1S/C15H28N2O2/c1-14(2,3)19-13(18)17-10-5-7-15(8-11-17)6-4-9-16-12-15/h16H,4-12H2,1-3H3. The number of nitrogens with zero attached hydrogens (tertiary/aromatic N) is 1. The van der Waals surface area contributed by atoms with Crippen molar-refractivity contribution < 1.29 is 9.53 Å². The minimum Gasteiger partial charge on any atom is -0.444 e. The summed E-state index contributed by atoms with van der Waals surface area (Å²) in [6.07, 6.45) is 5.88. The molecule has 1 N–H and O–H groups in total. The number of rotatable bonds is 0. The van der Waals surface area contributed by atoms with Crippen molar-refractivity contribution in [2.75, 3.05) is 26.2 Å². The summed E-state index contributed by atoms with van der Waals surface area (Å²) in [4.78, 5) is 14.0. The lowest BCUT2D eigenvalue weighted by atomic mass is 9.75. The van der Waals surface area contributed by atoms with E-state index in [1.807, 2.05) is 25.7 Å². The SMILES string of the molecule is CC(C)(C)OC(=O)N1CCCC2(CCCNC2)CC1. The van der Waals surface area contributed by atoms with E-state index in [1.165, 1.54) is 19.3 Å². The second kappa shape index (κ2) is 5.70. The molecule has 0 aromatic carbocycles. The Kier molecular flexibility index (Phi) is 4.39. The van der Waals surface area contributed by atoms with Crippen LogP contribution in [-0.2, 0) is 4.74 Å². The Bertz CT molecular complexity index is 317. The molecule has 2 aliphatic heterocycles. The molecule has 1 unspecified atom stereocenters. The van der Waals surface area contributed by atoms with E-state index in [9.17, 15) is 4.79 Å². The normalized spacial score (nSPS) is 29.1. The van der Waals surface area contributed by atoms with Crippen LogP contribution in [0.2, 0.25) is 0 Å². The van der Waals surface area contributed by atoms with Crippen molar-refractivity contribution >= 4 is 6.09 Å². The predicted molar refractivity (Wildman–Crippen MR) is 76.2 cm³/mol. The molecule has 0 bridgehead atoms.